The predicted molar refractivity (Wildman–Crippen MR) is 113 cm³/mol. The fraction of sp³-hybridized carbons (Fsp3) is 0.190. The van der Waals surface area contributed by atoms with Gasteiger partial charge in [0.2, 0.25) is 0 Å². The van der Waals surface area contributed by atoms with Crippen LogP contribution in [0.3, 0.4) is 0 Å². The molecule has 3 aromatic heterocycles. The van der Waals surface area contributed by atoms with Gasteiger partial charge in [-0.25, -0.2) is 27.8 Å². The molecule has 4 rings (SSSR count). The van der Waals surface area contributed by atoms with Crippen LogP contribution in [-0.2, 0) is 9.84 Å². The summed E-state index contributed by atoms with van der Waals surface area (Å²) in [6.07, 6.45) is -1.72. The maximum absolute atomic E-state index is 13.9. The van der Waals surface area contributed by atoms with Crippen molar-refractivity contribution in [2.45, 2.75) is 24.5 Å². The number of nitrogens with zero attached hydrogens (tertiary/aromatic N) is 5. The molecule has 7 nitrogen and oxygen atoms in total. The summed E-state index contributed by atoms with van der Waals surface area (Å²) < 4.78 is 68.4. The Labute approximate surface area is 182 Å². The van der Waals surface area contributed by atoms with Crippen LogP contribution in [-0.4, -0.2) is 40.1 Å². The molecular formula is C21H18F3N5O2S. The summed E-state index contributed by atoms with van der Waals surface area (Å²) in [6.45, 7) is 1.76. The van der Waals surface area contributed by atoms with Gasteiger partial charge in [-0.05, 0) is 36.8 Å². The minimum absolute atomic E-state index is 0.0515. The van der Waals surface area contributed by atoms with Gasteiger partial charge in [0.15, 0.2) is 21.3 Å². The number of imidazole rings is 1. The highest BCUT2D eigenvalue weighted by Crippen LogP contribution is 2.35. The van der Waals surface area contributed by atoms with Gasteiger partial charge in [-0.15, -0.1) is 18.3 Å². The second-order valence-corrected chi connectivity index (χ2v) is 8.99. The van der Waals surface area contributed by atoms with Crippen molar-refractivity contribution in [2.75, 3.05) is 10.7 Å². The Balaban J connectivity index is 1.91. The number of sulfone groups is 1. The van der Waals surface area contributed by atoms with Gasteiger partial charge in [-0.3, -0.25) is 0 Å². The first-order chi connectivity index (χ1) is 15.2. The quantitative estimate of drug-likeness (QED) is 0.390. The molecular weight excluding hydrogens is 443 g/mol. The standard InChI is InChI=1S/C21H18F3N5O2S/c1-2-13-32(30,31)17-8-4-3-7-15(17)16-14-26-19-10-11-20(27-29(16)19)28(21(22,23)24)18-9-5-6-12-25-18/h3-12,14H,2,13H2,1H3. The molecule has 0 saturated carbocycles. The second kappa shape index (κ2) is 8.23. The molecule has 0 radical (unpaired) electrons. The fourth-order valence-electron chi connectivity index (χ4n) is 3.36. The lowest BCUT2D eigenvalue weighted by Crippen LogP contribution is -2.35. The van der Waals surface area contributed by atoms with E-state index in [0.29, 0.717) is 12.0 Å². The van der Waals surface area contributed by atoms with E-state index in [9.17, 15) is 21.6 Å². The lowest BCUT2D eigenvalue weighted by molar-refractivity contribution is -0.121. The maximum atomic E-state index is 13.9. The molecule has 11 heteroatoms. The molecule has 0 fully saturated rings. The molecule has 32 heavy (non-hydrogen) atoms. The van der Waals surface area contributed by atoms with E-state index in [1.807, 2.05) is 0 Å². The van der Waals surface area contributed by atoms with E-state index in [2.05, 4.69) is 15.1 Å². The summed E-state index contributed by atoms with van der Waals surface area (Å²) in [4.78, 5) is 8.12. The summed E-state index contributed by atoms with van der Waals surface area (Å²) in [5.41, 5.74) is 0.851. The van der Waals surface area contributed by atoms with E-state index in [4.69, 9.17) is 0 Å². The number of pyridine rings is 1. The monoisotopic (exact) mass is 461 g/mol. The Morgan fingerprint density at radius 3 is 2.41 bits per heavy atom. The van der Waals surface area contributed by atoms with Crippen LogP contribution < -0.4 is 4.90 Å². The molecule has 0 aliphatic carbocycles. The summed E-state index contributed by atoms with van der Waals surface area (Å²) in [7, 11) is -3.60. The number of hydrogen-bond acceptors (Lipinski definition) is 6. The Bertz CT molecular complexity index is 1350. The number of anilines is 2. The van der Waals surface area contributed by atoms with E-state index < -0.39 is 22.0 Å². The third-order valence-corrected chi connectivity index (χ3v) is 6.65. The third kappa shape index (κ3) is 4.03. The molecule has 0 unspecified atom stereocenters. The summed E-state index contributed by atoms with van der Waals surface area (Å²) in [5.74, 6) is -0.836. The number of alkyl halides is 3. The minimum atomic E-state index is -4.79. The van der Waals surface area contributed by atoms with Crippen LogP contribution in [0.5, 0.6) is 0 Å². The first-order valence-electron chi connectivity index (χ1n) is 9.67. The lowest BCUT2D eigenvalue weighted by atomic mass is 10.2. The molecule has 0 atom stereocenters. The van der Waals surface area contributed by atoms with E-state index in [1.165, 1.54) is 53.3 Å². The van der Waals surface area contributed by atoms with Gasteiger partial charge in [0.1, 0.15) is 5.82 Å². The summed E-state index contributed by atoms with van der Waals surface area (Å²) in [6, 6.07) is 13.1. The zero-order chi connectivity index (χ0) is 22.9. The smallest absolute Gasteiger partial charge is 0.239 e. The fourth-order valence-corrected chi connectivity index (χ4v) is 4.91. The van der Waals surface area contributed by atoms with E-state index >= 15 is 0 Å². The van der Waals surface area contributed by atoms with Crippen LogP contribution >= 0.6 is 0 Å². The number of hydrogen-bond donors (Lipinski definition) is 0. The summed E-state index contributed by atoms with van der Waals surface area (Å²) >= 11 is 0. The number of benzene rings is 1. The average Bonchev–Trinajstić information content (AvgIpc) is 3.17. The van der Waals surface area contributed by atoms with E-state index in [-0.39, 0.29) is 32.7 Å². The molecule has 0 spiro atoms. The average molecular weight is 461 g/mol. The Morgan fingerprint density at radius 2 is 1.72 bits per heavy atom. The minimum Gasteiger partial charge on any atom is -0.239 e. The van der Waals surface area contributed by atoms with Crippen molar-refractivity contribution >= 4 is 27.1 Å². The second-order valence-electron chi connectivity index (χ2n) is 6.91. The first kappa shape index (κ1) is 21.8. The maximum Gasteiger partial charge on any atom is 0.491 e. The molecule has 0 bridgehead atoms. The molecule has 0 amide bonds. The zero-order valence-corrected chi connectivity index (χ0v) is 17.7. The van der Waals surface area contributed by atoms with Crippen molar-refractivity contribution < 1.29 is 21.6 Å². The number of rotatable bonds is 6. The van der Waals surface area contributed by atoms with Gasteiger partial charge < -0.3 is 0 Å². The van der Waals surface area contributed by atoms with Gasteiger partial charge in [0, 0.05) is 11.8 Å². The van der Waals surface area contributed by atoms with Gasteiger partial charge in [-0.1, -0.05) is 31.2 Å². The van der Waals surface area contributed by atoms with Crippen LogP contribution in [0.1, 0.15) is 13.3 Å². The molecule has 4 aromatic rings. The Hall–Kier alpha value is -3.47. The van der Waals surface area contributed by atoms with Crippen LogP contribution in [0.2, 0.25) is 0 Å². The SMILES string of the molecule is CCCS(=O)(=O)c1ccccc1-c1cnc2ccc(N(c3ccccn3)C(F)(F)F)nn12. The molecule has 3 heterocycles. The van der Waals surface area contributed by atoms with Crippen LogP contribution in [0.15, 0.2) is 71.9 Å². The number of aromatic nitrogens is 4. The van der Waals surface area contributed by atoms with Crippen molar-refractivity contribution in [1.29, 1.82) is 0 Å². The van der Waals surface area contributed by atoms with Gasteiger partial charge >= 0.3 is 6.30 Å². The Kier molecular flexibility index (Phi) is 5.59. The third-order valence-electron chi connectivity index (χ3n) is 4.68. The van der Waals surface area contributed by atoms with Crippen molar-refractivity contribution in [3.05, 3.63) is 67.0 Å². The molecule has 0 aliphatic heterocycles. The van der Waals surface area contributed by atoms with E-state index in [0.717, 1.165) is 0 Å². The largest absolute Gasteiger partial charge is 0.491 e. The highest BCUT2D eigenvalue weighted by Gasteiger charge is 2.41. The first-order valence-corrected chi connectivity index (χ1v) is 11.3. The highest BCUT2D eigenvalue weighted by molar-refractivity contribution is 7.91. The van der Waals surface area contributed by atoms with Crippen molar-refractivity contribution in [1.82, 2.24) is 19.6 Å². The van der Waals surface area contributed by atoms with Crippen molar-refractivity contribution in [3.8, 4) is 11.3 Å². The van der Waals surface area contributed by atoms with Crippen LogP contribution in [0, 0.1) is 0 Å². The van der Waals surface area contributed by atoms with Crippen molar-refractivity contribution in [3.63, 3.8) is 0 Å². The molecule has 0 aliphatic rings. The Morgan fingerprint density at radius 1 is 0.969 bits per heavy atom. The normalized spacial score (nSPS) is 12.2. The lowest BCUT2D eigenvalue weighted by Gasteiger charge is -2.24. The predicted octanol–water partition coefficient (Wildman–Crippen LogP) is 4.63. The molecule has 0 saturated heterocycles. The highest BCUT2D eigenvalue weighted by atomic mass is 32.2. The molecule has 166 valence electrons. The molecule has 1 aromatic carbocycles. The number of fused-ring (bicyclic) bond motifs is 1. The molecule has 0 N–H and O–H groups in total. The van der Waals surface area contributed by atoms with Crippen molar-refractivity contribution in [2.24, 2.45) is 0 Å². The topological polar surface area (TPSA) is 80.5 Å². The van der Waals surface area contributed by atoms with Crippen LogP contribution in [0.4, 0.5) is 24.8 Å². The van der Waals surface area contributed by atoms with Gasteiger partial charge in [0.25, 0.3) is 0 Å². The zero-order valence-electron chi connectivity index (χ0n) is 16.9. The number of halogens is 3. The summed E-state index contributed by atoms with van der Waals surface area (Å²) in [5, 5.41) is 4.15. The van der Waals surface area contributed by atoms with E-state index in [1.54, 1.807) is 25.1 Å². The van der Waals surface area contributed by atoms with Crippen LogP contribution in [0.25, 0.3) is 16.9 Å². The van der Waals surface area contributed by atoms with Gasteiger partial charge in [-0.2, -0.15) is 0 Å². The van der Waals surface area contributed by atoms with Gasteiger partial charge in [0.05, 0.1) is 22.5 Å².